The highest BCUT2D eigenvalue weighted by molar-refractivity contribution is 7.92. The van der Waals surface area contributed by atoms with Crippen LogP contribution in [0.1, 0.15) is 49.5 Å². The molecule has 4 aromatic rings. The molecule has 236 valence electrons. The summed E-state index contributed by atoms with van der Waals surface area (Å²) < 4.78 is 58.8. The number of nitrogens with one attached hydrogen (secondary N) is 1. The lowest BCUT2D eigenvalue weighted by molar-refractivity contribution is -0.146. The molecule has 0 spiro atoms. The van der Waals surface area contributed by atoms with Crippen molar-refractivity contribution in [3.8, 4) is 11.1 Å². The molecule has 0 amide bonds. The van der Waals surface area contributed by atoms with Gasteiger partial charge in [0.2, 0.25) is 15.8 Å². The topological polar surface area (TPSA) is 144 Å². The number of sulfonamides is 1. The van der Waals surface area contributed by atoms with Crippen molar-refractivity contribution >= 4 is 62.5 Å². The van der Waals surface area contributed by atoms with Gasteiger partial charge in [0.25, 0.3) is 0 Å². The fraction of sp³-hybridized carbons (Fsp3) is 0.300. The summed E-state index contributed by atoms with van der Waals surface area (Å²) in [6.07, 6.45) is 3.48. The van der Waals surface area contributed by atoms with Crippen LogP contribution < -0.4 is 10.5 Å². The first-order valence-electron chi connectivity index (χ1n) is 13.5. The van der Waals surface area contributed by atoms with E-state index in [1.807, 2.05) is 0 Å². The SMILES string of the molecule is CCCS(=O)(=O)Nc1ccc(F)c(C(=O)c2cn(C[C@](N)(C(=O)O)C(C)CC)c3ncc(-c4ccc(Cl)cc4)cc23)c1F.Cl. The van der Waals surface area contributed by atoms with Gasteiger partial charge in [-0.2, -0.15) is 0 Å². The molecule has 2 atom stereocenters. The minimum absolute atomic E-state index is 0. The number of halogens is 4. The summed E-state index contributed by atoms with van der Waals surface area (Å²) in [6.45, 7) is 4.81. The van der Waals surface area contributed by atoms with Crippen LogP contribution in [0, 0.1) is 17.6 Å². The third-order valence-corrected chi connectivity index (χ3v) is 9.24. The fourth-order valence-corrected chi connectivity index (χ4v) is 6.07. The number of carbonyl (C=O) groups is 2. The van der Waals surface area contributed by atoms with Crippen LogP contribution in [0.5, 0.6) is 0 Å². The lowest BCUT2D eigenvalue weighted by Crippen LogP contribution is -2.56. The van der Waals surface area contributed by atoms with E-state index in [4.69, 9.17) is 17.3 Å². The number of aliphatic carboxylic acids is 1. The van der Waals surface area contributed by atoms with E-state index in [-0.39, 0.29) is 47.7 Å². The Morgan fingerprint density at radius 1 is 1.14 bits per heavy atom. The maximum atomic E-state index is 15.6. The first-order chi connectivity index (χ1) is 20.2. The molecule has 2 heterocycles. The Morgan fingerprint density at radius 3 is 2.39 bits per heavy atom. The van der Waals surface area contributed by atoms with E-state index in [1.54, 1.807) is 51.1 Å². The molecule has 14 heteroatoms. The zero-order valence-corrected chi connectivity index (χ0v) is 26.5. The Balaban J connectivity index is 0.00000529. The van der Waals surface area contributed by atoms with Crippen LogP contribution >= 0.6 is 24.0 Å². The summed E-state index contributed by atoms with van der Waals surface area (Å²) in [5.74, 6) is -5.74. The van der Waals surface area contributed by atoms with Gasteiger partial charge < -0.3 is 15.4 Å². The van der Waals surface area contributed by atoms with Crippen molar-refractivity contribution in [2.24, 2.45) is 11.7 Å². The van der Waals surface area contributed by atoms with E-state index >= 15 is 8.78 Å². The van der Waals surface area contributed by atoms with Gasteiger partial charge in [0.15, 0.2) is 5.82 Å². The summed E-state index contributed by atoms with van der Waals surface area (Å²) in [5.41, 5.74) is 4.28. The number of carbonyl (C=O) groups excluding carboxylic acids is 1. The van der Waals surface area contributed by atoms with Gasteiger partial charge in [-0.1, -0.05) is 50.9 Å². The molecular formula is C30H32Cl2F2N4O5S. The van der Waals surface area contributed by atoms with Crippen molar-refractivity contribution in [2.75, 3.05) is 10.5 Å². The van der Waals surface area contributed by atoms with Crippen LogP contribution in [0.15, 0.2) is 54.9 Å². The Morgan fingerprint density at radius 2 is 1.80 bits per heavy atom. The van der Waals surface area contributed by atoms with Crippen LogP contribution in [0.25, 0.3) is 22.2 Å². The number of aromatic nitrogens is 2. The Kier molecular flexibility index (Phi) is 10.8. The highest BCUT2D eigenvalue weighted by Gasteiger charge is 2.40. The molecule has 0 radical (unpaired) electrons. The molecule has 0 bridgehead atoms. The quantitative estimate of drug-likeness (QED) is 0.151. The molecule has 0 saturated heterocycles. The first kappa shape index (κ1) is 34.9. The Labute approximate surface area is 264 Å². The number of benzene rings is 2. The van der Waals surface area contributed by atoms with Gasteiger partial charge in [-0.25, -0.2) is 22.2 Å². The molecule has 0 saturated carbocycles. The molecule has 1 unspecified atom stereocenters. The van der Waals surface area contributed by atoms with Gasteiger partial charge >= 0.3 is 5.97 Å². The van der Waals surface area contributed by atoms with E-state index in [9.17, 15) is 23.1 Å². The third-order valence-electron chi connectivity index (χ3n) is 7.51. The maximum absolute atomic E-state index is 15.6. The average Bonchev–Trinajstić information content (AvgIpc) is 3.31. The number of nitrogens with zero attached hydrogens (tertiary/aromatic N) is 2. The van der Waals surface area contributed by atoms with Gasteiger partial charge in [-0.15, -0.1) is 12.4 Å². The van der Waals surface area contributed by atoms with Crippen LogP contribution in [-0.4, -0.2) is 46.1 Å². The molecule has 9 nitrogen and oxygen atoms in total. The lowest BCUT2D eigenvalue weighted by Gasteiger charge is -2.31. The number of pyridine rings is 1. The zero-order chi connectivity index (χ0) is 31.7. The number of hydrogen-bond donors (Lipinski definition) is 3. The van der Waals surface area contributed by atoms with Crippen LogP contribution in [0.4, 0.5) is 14.5 Å². The van der Waals surface area contributed by atoms with Crippen LogP contribution in [-0.2, 0) is 21.4 Å². The lowest BCUT2D eigenvalue weighted by atomic mass is 9.84. The monoisotopic (exact) mass is 668 g/mol. The second-order valence-corrected chi connectivity index (χ2v) is 12.7. The van der Waals surface area contributed by atoms with E-state index < -0.39 is 56.1 Å². The largest absolute Gasteiger partial charge is 0.480 e. The molecular weight excluding hydrogens is 637 g/mol. The average molecular weight is 670 g/mol. The number of fused-ring (bicyclic) bond motifs is 1. The number of carboxylic acid groups (broad SMARTS) is 1. The predicted octanol–water partition coefficient (Wildman–Crippen LogP) is 6.27. The zero-order valence-electron chi connectivity index (χ0n) is 24.1. The molecule has 4 rings (SSSR count). The summed E-state index contributed by atoms with van der Waals surface area (Å²) in [6, 6.07) is 10.1. The number of anilines is 1. The van der Waals surface area contributed by atoms with Gasteiger partial charge in [0, 0.05) is 33.9 Å². The highest BCUT2D eigenvalue weighted by Crippen LogP contribution is 2.33. The van der Waals surface area contributed by atoms with Gasteiger partial charge in [0.1, 0.15) is 17.0 Å². The van der Waals surface area contributed by atoms with Gasteiger partial charge in [-0.3, -0.25) is 14.3 Å². The number of carboxylic acids is 1. The van der Waals surface area contributed by atoms with E-state index in [0.717, 1.165) is 12.1 Å². The van der Waals surface area contributed by atoms with Crippen molar-refractivity contribution in [1.82, 2.24) is 9.55 Å². The Hall–Kier alpha value is -3.58. The van der Waals surface area contributed by atoms with Crippen molar-refractivity contribution < 1.29 is 31.9 Å². The number of rotatable bonds is 12. The smallest absolute Gasteiger partial charge is 0.325 e. The fourth-order valence-electron chi connectivity index (χ4n) is 4.81. The number of ketones is 1. The molecule has 0 aliphatic carbocycles. The number of nitrogens with two attached hydrogens (primary N) is 1. The number of hydrogen-bond acceptors (Lipinski definition) is 6. The van der Waals surface area contributed by atoms with Gasteiger partial charge in [0.05, 0.1) is 23.5 Å². The van der Waals surface area contributed by atoms with Gasteiger partial charge in [-0.05, 0) is 48.2 Å². The maximum Gasteiger partial charge on any atom is 0.325 e. The molecule has 2 aromatic carbocycles. The van der Waals surface area contributed by atoms with Crippen molar-refractivity contribution in [3.63, 3.8) is 0 Å². The molecule has 2 aromatic heterocycles. The second-order valence-electron chi connectivity index (χ2n) is 10.5. The van der Waals surface area contributed by atoms with E-state index in [0.29, 0.717) is 22.6 Å². The van der Waals surface area contributed by atoms with Crippen molar-refractivity contribution in [3.05, 3.63) is 82.6 Å². The first-order valence-corrected chi connectivity index (χ1v) is 15.6. The molecule has 0 aliphatic rings. The summed E-state index contributed by atoms with van der Waals surface area (Å²) in [7, 11) is -3.95. The molecule has 44 heavy (non-hydrogen) atoms. The van der Waals surface area contributed by atoms with Crippen molar-refractivity contribution in [1.29, 1.82) is 0 Å². The minimum atomic E-state index is -3.95. The highest BCUT2D eigenvalue weighted by atomic mass is 35.5. The van der Waals surface area contributed by atoms with E-state index in [2.05, 4.69) is 9.71 Å². The molecule has 0 fully saturated rings. The predicted molar refractivity (Wildman–Crippen MR) is 169 cm³/mol. The Bertz CT molecular complexity index is 1820. The third kappa shape index (κ3) is 6.88. The molecule has 0 aliphatic heterocycles. The van der Waals surface area contributed by atoms with Crippen molar-refractivity contribution in [2.45, 2.75) is 45.7 Å². The summed E-state index contributed by atoms with van der Waals surface area (Å²) in [4.78, 5) is 30.7. The van der Waals surface area contributed by atoms with Crippen LogP contribution in [0.2, 0.25) is 5.02 Å². The van der Waals surface area contributed by atoms with Crippen LogP contribution in [0.3, 0.4) is 0 Å². The second kappa shape index (κ2) is 13.6. The summed E-state index contributed by atoms with van der Waals surface area (Å²) in [5, 5.41) is 10.7. The normalized spacial score (nSPS) is 13.6. The summed E-state index contributed by atoms with van der Waals surface area (Å²) >= 11 is 6.02. The standard InChI is InChI=1S/C30H31ClF2N4O5S.ClH/c1-4-12-43(41,42)36-24-11-10-23(32)25(26(24)33)27(38)22-15-37(16-30(34,29(39)40)17(3)5-2)28-21(22)13-19(14-35-28)18-6-8-20(31)9-7-18;/h6-11,13-15,17,36H,4-5,12,16,34H2,1-3H3,(H,39,40);1H/t17?,30-;/m1./s1. The molecule has 4 N–H and O–H groups in total. The minimum Gasteiger partial charge on any atom is -0.480 e. The van der Waals surface area contributed by atoms with E-state index in [1.165, 1.54) is 17.0 Å².